The summed E-state index contributed by atoms with van der Waals surface area (Å²) >= 11 is 6.73. The van der Waals surface area contributed by atoms with Gasteiger partial charge in [-0.2, -0.15) is 13.5 Å². The van der Waals surface area contributed by atoms with Crippen LogP contribution in [-0.2, 0) is 14.8 Å². The summed E-state index contributed by atoms with van der Waals surface area (Å²) in [6, 6.07) is 20.1. The first-order valence-electron chi connectivity index (χ1n) is 11.6. The first-order valence-corrected chi connectivity index (χ1v) is 14.4. The highest BCUT2D eigenvalue weighted by Gasteiger charge is 2.32. The molecule has 0 saturated carbocycles. The molecule has 0 amide bonds. The molecule has 4 rings (SSSR count). The predicted octanol–water partition coefficient (Wildman–Crippen LogP) is 5.99. The first-order chi connectivity index (χ1) is 18.9. The van der Waals surface area contributed by atoms with E-state index in [2.05, 4.69) is 9.13 Å². The lowest BCUT2D eigenvalue weighted by atomic mass is 9.86. The van der Waals surface area contributed by atoms with Crippen molar-refractivity contribution in [2.24, 2.45) is 9.50 Å². The Morgan fingerprint density at radius 1 is 1.07 bits per heavy atom. The molecule has 0 saturated heterocycles. The maximum atomic E-state index is 13.1. The Hall–Kier alpha value is -3.55. The van der Waals surface area contributed by atoms with E-state index in [0.29, 0.717) is 28.9 Å². The summed E-state index contributed by atoms with van der Waals surface area (Å²) in [5.41, 5.74) is 2.32. The van der Waals surface area contributed by atoms with Crippen molar-refractivity contribution in [3.05, 3.63) is 95.0 Å². The van der Waals surface area contributed by atoms with E-state index in [1.807, 2.05) is 30.3 Å². The zero-order valence-corrected chi connectivity index (χ0v) is 22.8. The summed E-state index contributed by atoms with van der Waals surface area (Å²) in [7, 11) is -4.46. The normalized spacial score (nSPS) is 16.4. The minimum Gasteiger partial charge on any atom is -0.481 e. The molecule has 0 aliphatic carbocycles. The first kappa shape index (κ1) is 29.4. The Balaban J connectivity index is 1.73. The number of aliphatic carboxylic acids is 1. The number of halogens is 4. The van der Waals surface area contributed by atoms with E-state index < -0.39 is 38.8 Å². The number of rotatable bonds is 7. The van der Waals surface area contributed by atoms with Crippen molar-refractivity contribution < 1.29 is 36.2 Å². The highest BCUT2D eigenvalue weighted by Crippen LogP contribution is 2.32. The Morgan fingerprint density at radius 2 is 1.73 bits per heavy atom. The number of ether oxygens (including phenoxy) is 1. The quantitative estimate of drug-likeness (QED) is 0.258. The summed E-state index contributed by atoms with van der Waals surface area (Å²) < 4.78 is 71.3. The third-order valence-corrected chi connectivity index (χ3v) is 8.23. The van der Waals surface area contributed by atoms with Crippen LogP contribution in [0.5, 0.6) is 5.75 Å². The topological polar surface area (TPSA) is 109 Å². The third-order valence-electron chi connectivity index (χ3n) is 5.63. The zero-order valence-electron chi connectivity index (χ0n) is 20.5. The van der Waals surface area contributed by atoms with E-state index in [-0.39, 0.29) is 17.6 Å². The zero-order chi connectivity index (χ0) is 28.9. The van der Waals surface area contributed by atoms with Gasteiger partial charge in [0.15, 0.2) is 5.17 Å². The van der Waals surface area contributed by atoms with Crippen molar-refractivity contribution in [2.75, 3.05) is 12.3 Å². The number of benzene rings is 3. The minimum atomic E-state index is -4.94. The van der Waals surface area contributed by atoms with Gasteiger partial charge in [0.25, 0.3) is 10.0 Å². The molecule has 1 unspecified atom stereocenters. The number of carbonyl (C=O) groups is 1. The van der Waals surface area contributed by atoms with Crippen LogP contribution in [0.25, 0.3) is 0 Å². The van der Waals surface area contributed by atoms with E-state index in [1.54, 1.807) is 24.3 Å². The lowest BCUT2D eigenvalue weighted by molar-refractivity contribution is -0.274. The fourth-order valence-electron chi connectivity index (χ4n) is 3.91. The van der Waals surface area contributed by atoms with Crippen LogP contribution in [0.3, 0.4) is 0 Å². The van der Waals surface area contributed by atoms with Crippen molar-refractivity contribution in [1.82, 2.24) is 5.01 Å². The van der Waals surface area contributed by atoms with E-state index in [1.165, 1.54) is 5.01 Å². The number of hydrazone groups is 1. The van der Waals surface area contributed by atoms with Crippen LogP contribution < -0.4 is 4.74 Å². The molecule has 0 bridgehead atoms. The van der Waals surface area contributed by atoms with Crippen molar-refractivity contribution in [3.8, 4) is 5.75 Å². The minimum absolute atomic E-state index is 0.151. The Kier molecular flexibility index (Phi) is 9.06. The van der Waals surface area contributed by atoms with Gasteiger partial charge in [-0.3, -0.25) is 4.79 Å². The molecule has 3 aromatic carbocycles. The number of carboxylic acids is 1. The lowest BCUT2D eigenvalue weighted by Crippen LogP contribution is -2.35. The monoisotopic (exact) mass is 611 g/mol. The number of hydrogen-bond acceptors (Lipinski definition) is 6. The van der Waals surface area contributed by atoms with Crippen molar-refractivity contribution in [1.29, 1.82) is 0 Å². The van der Waals surface area contributed by atoms with E-state index in [0.717, 1.165) is 35.4 Å². The molecule has 1 aliphatic rings. The second kappa shape index (κ2) is 12.3. The molecule has 40 heavy (non-hydrogen) atoms. The van der Waals surface area contributed by atoms with Crippen LogP contribution in [0.2, 0.25) is 5.02 Å². The van der Waals surface area contributed by atoms with Gasteiger partial charge in [0.1, 0.15) is 5.75 Å². The third kappa shape index (κ3) is 7.77. The fourth-order valence-corrected chi connectivity index (χ4v) is 5.96. The molecule has 0 fully saturated rings. The fraction of sp³-hybridized carbons (Fsp3) is 0.192. The summed E-state index contributed by atoms with van der Waals surface area (Å²) in [6.45, 7) is 0.218. The highest BCUT2D eigenvalue weighted by molar-refractivity contribution is 8.14. The number of carboxylic acid groups (broad SMARTS) is 1. The van der Waals surface area contributed by atoms with Gasteiger partial charge in [0.2, 0.25) is 0 Å². The SMILES string of the molecule is O=C(O)CS/C(=N\S(=O)(=O)c1ccc(OC(F)(F)F)cc1)N1CCC(c2ccccc2)C(c2ccc(Cl)cc2)=N1. The molecule has 1 atom stereocenters. The van der Waals surface area contributed by atoms with Crippen LogP contribution in [0.4, 0.5) is 13.2 Å². The average molecular weight is 612 g/mol. The summed E-state index contributed by atoms with van der Waals surface area (Å²) in [4.78, 5) is 10.9. The Labute approximate surface area is 237 Å². The summed E-state index contributed by atoms with van der Waals surface area (Å²) in [6.07, 6.45) is -4.44. The molecule has 8 nitrogen and oxygen atoms in total. The Bertz CT molecular complexity index is 1520. The van der Waals surface area contributed by atoms with Crippen LogP contribution in [0.15, 0.2) is 93.3 Å². The maximum absolute atomic E-state index is 13.1. The standard InChI is InChI=1S/C26H21ClF3N3O5S2/c27-19-8-6-18(7-9-19)24-22(17-4-2-1-3-5-17)14-15-33(31-24)25(39-16-23(34)35)32-40(36,37)21-12-10-20(11-13-21)38-26(28,29)30/h1-13,22H,14-16H2,(H,34,35)/b32-25-. The van der Waals surface area contributed by atoms with E-state index >= 15 is 0 Å². The van der Waals surface area contributed by atoms with Gasteiger partial charge in [-0.25, -0.2) is 5.01 Å². The molecule has 0 radical (unpaired) electrons. The summed E-state index contributed by atoms with van der Waals surface area (Å²) in [5.74, 6) is -2.46. The molecule has 210 valence electrons. The number of nitrogens with zero attached hydrogens (tertiary/aromatic N) is 3. The number of thioether (sulfide) groups is 1. The number of hydrogen-bond donors (Lipinski definition) is 1. The molecule has 1 heterocycles. The van der Waals surface area contributed by atoms with Gasteiger partial charge in [0, 0.05) is 17.5 Å². The van der Waals surface area contributed by atoms with Gasteiger partial charge < -0.3 is 9.84 Å². The van der Waals surface area contributed by atoms with Gasteiger partial charge >= 0.3 is 12.3 Å². The number of alkyl halides is 3. The maximum Gasteiger partial charge on any atom is 0.573 e. The van der Waals surface area contributed by atoms with Crippen LogP contribution in [0, 0.1) is 0 Å². The van der Waals surface area contributed by atoms with Gasteiger partial charge in [-0.15, -0.1) is 17.6 Å². The van der Waals surface area contributed by atoms with E-state index in [9.17, 15) is 31.5 Å². The molecule has 14 heteroatoms. The average Bonchev–Trinajstić information content (AvgIpc) is 2.91. The predicted molar refractivity (Wildman–Crippen MR) is 146 cm³/mol. The van der Waals surface area contributed by atoms with E-state index in [4.69, 9.17) is 16.7 Å². The van der Waals surface area contributed by atoms with Gasteiger partial charge in [-0.1, -0.05) is 65.8 Å². The number of sulfonamides is 1. The second-order valence-electron chi connectivity index (χ2n) is 8.42. The molecule has 0 spiro atoms. The largest absolute Gasteiger partial charge is 0.573 e. The molecule has 1 N–H and O–H groups in total. The van der Waals surface area contributed by atoms with Gasteiger partial charge in [-0.05, 0) is 53.9 Å². The van der Waals surface area contributed by atoms with Crippen molar-refractivity contribution in [3.63, 3.8) is 0 Å². The van der Waals surface area contributed by atoms with Crippen LogP contribution in [0.1, 0.15) is 23.5 Å². The summed E-state index contributed by atoms with van der Waals surface area (Å²) in [5, 5.41) is 15.6. The Morgan fingerprint density at radius 3 is 2.33 bits per heavy atom. The van der Waals surface area contributed by atoms with Crippen molar-refractivity contribution >= 4 is 50.2 Å². The smallest absolute Gasteiger partial charge is 0.481 e. The van der Waals surface area contributed by atoms with Crippen LogP contribution >= 0.6 is 23.4 Å². The molecular weight excluding hydrogens is 591 g/mol. The highest BCUT2D eigenvalue weighted by atomic mass is 35.5. The van der Waals surface area contributed by atoms with Crippen LogP contribution in [-0.4, -0.2) is 54.0 Å². The van der Waals surface area contributed by atoms with Gasteiger partial charge in [0.05, 0.1) is 16.4 Å². The molecular formula is C26H21ClF3N3O5S2. The molecule has 3 aromatic rings. The molecule has 0 aromatic heterocycles. The number of amidine groups is 1. The second-order valence-corrected chi connectivity index (χ2v) is 11.4. The molecule has 1 aliphatic heterocycles. The van der Waals surface area contributed by atoms with Crippen molar-refractivity contribution in [2.45, 2.75) is 23.6 Å². The lowest BCUT2D eigenvalue weighted by Gasteiger charge is -2.31.